The summed E-state index contributed by atoms with van der Waals surface area (Å²) in [6, 6.07) is 21.8. The van der Waals surface area contributed by atoms with Gasteiger partial charge in [-0.1, -0.05) is 0 Å². The Morgan fingerprint density at radius 3 is 1.96 bits per heavy atom. The molecule has 0 fully saturated rings. The molecule has 0 aromatic heterocycles. The first-order valence-corrected chi connectivity index (χ1v) is 24.4. The Labute approximate surface area is 298 Å². The average molecular weight is 745 g/mol. The molecule has 1 unspecified atom stereocenters. The van der Waals surface area contributed by atoms with Gasteiger partial charge in [0.2, 0.25) is 0 Å². The summed E-state index contributed by atoms with van der Waals surface area (Å²) in [4.78, 5) is 0. The van der Waals surface area contributed by atoms with Crippen molar-refractivity contribution in [1.82, 2.24) is 0 Å². The molecule has 0 heterocycles. The van der Waals surface area contributed by atoms with Crippen molar-refractivity contribution in [1.29, 1.82) is 0 Å². The molecule has 0 saturated heterocycles. The van der Waals surface area contributed by atoms with Crippen LogP contribution in [0.25, 0.3) is 22.3 Å². The number of allylic oxidation sites excluding steroid dienone is 8. The average Bonchev–Trinajstić information content (AvgIpc) is 3.66. The maximum atomic E-state index is 5.67. The van der Waals surface area contributed by atoms with Crippen LogP contribution in [-0.4, -0.2) is 4.21 Å². The van der Waals surface area contributed by atoms with Crippen molar-refractivity contribution in [2.45, 2.75) is 97.5 Å². The number of rotatable bonds is 4. The van der Waals surface area contributed by atoms with E-state index >= 15 is 0 Å². The number of fused-ring (bicyclic) bond motifs is 5. The first-order chi connectivity index (χ1) is 20.9. The van der Waals surface area contributed by atoms with Gasteiger partial charge >= 0.3 is 275 Å². The molecule has 0 amide bonds. The monoisotopic (exact) mass is 742 g/mol. The summed E-state index contributed by atoms with van der Waals surface area (Å²) in [6.07, 6.45) is 8.65. The number of hydrogen-bond acceptors (Lipinski definition) is 0. The second kappa shape index (κ2) is 11.2. The van der Waals surface area contributed by atoms with Gasteiger partial charge in [-0.05, 0) is 0 Å². The molecule has 0 spiro atoms. The molecule has 0 nitrogen and oxygen atoms in total. The molecule has 1 atom stereocenters. The fourth-order valence-corrected chi connectivity index (χ4v) is 28.7. The summed E-state index contributed by atoms with van der Waals surface area (Å²) in [6.45, 7) is 26.5. The molecule has 4 aliphatic rings. The van der Waals surface area contributed by atoms with Gasteiger partial charge in [0.15, 0.2) is 0 Å². The summed E-state index contributed by atoms with van der Waals surface area (Å²) in [5.74, 6) is 0.391. The van der Waals surface area contributed by atoms with Crippen molar-refractivity contribution in [2.75, 3.05) is 0 Å². The fourth-order valence-electron chi connectivity index (χ4n) is 10.4. The van der Waals surface area contributed by atoms with Crippen LogP contribution in [0, 0.1) is 11.3 Å². The second-order valence-corrected chi connectivity index (χ2v) is 31.2. The van der Waals surface area contributed by atoms with Crippen LogP contribution in [0.15, 0.2) is 85.0 Å². The van der Waals surface area contributed by atoms with Crippen LogP contribution >= 0.6 is 24.8 Å². The topological polar surface area (TPSA) is 0 Å². The van der Waals surface area contributed by atoms with E-state index in [0.717, 1.165) is 10.5 Å². The first kappa shape index (κ1) is 36.2. The third-order valence-corrected chi connectivity index (χ3v) is 31.0. The first-order valence-electron chi connectivity index (χ1n) is 17.2. The molecule has 0 aliphatic heterocycles. The summed E-state index contributed by atoms with van der Waals surface area (Å²) in [5.41, 5.74) is 16.3. The van der Waals surface area contributed by atoms with Crippen LogP contribution in [-0.2, 0) is 35.5 Å². The standard InChI is InChI=1S/C25H25.C10H15.C6H5.C2H5.CH2.2ClH.Zr/c1-14-12-24(3,4)22-8-16-7-17-9-23-19(15(2)13-25(23,5)6)11-21(17)20(16)10-18(14)22;1-8-5-6-9(7-8)10(2,3)4;1-2-4-6-5-3-1;1-2;;;;/h8-12H,7H2,1-6H3;6-8H,1-4H3;1-5H;1H2,2H3;1H2;2*1H;. The van der Waals surface area contributed by atoms with Crippen molar-refractivity contribution < 1.29 is 18.3 Å². The van der Waals surface area contributed by atoms with Crippen LogP contribution < -0.4 is 3.27 Å². The summed E-state index contributed by atoms with van der Waals surface area (Å²) < 4.78 is 11.6. The third-order valence-electron chi connectivity index (χ3n) is 12.6. The minimum absolute atomic E-state index is 0. The molecule has 0 N–H and O–H groups in total. The van der Waals surface area contributed by atoms with Crippen molar-refractivity contribution in [3.05, 3.63) is 118 Å². The van der Waals surface area contributed by atoms with Gasteiger partial charge in [-0.3, -0.25) is 0 Å². The van der Waals surface area contributed by atoms with Crippen LogP contribution in [0.4, 0.5) is 0 Å². The predicted molar refractivity (Wildman–Crippen MR) is 210 cm³/mol. The molecule has 3 aromatic carbocycles. The predicted octanol–water partition coefficient (Wildman–Crippen LogP) is 12.2. The fraction of sp³-hybridized carbons (Fsp3) is 0.386. The number of benzene rings is 3. The van der Waals surface area contributed by atoms with Gasteiger partial charge in [0.1, 0.15) is 0 Å². The summed E-state index contributed by atoms with van der Waals surface area (Å²) in [7, 11) is 0. The molecule has 0 radical (unpaired) electrons. The normalized spacial score (nSPS) is 20.3. The van der Waals surface area contributed by atoms with E-state index in [2.05, 4.69) is 149 Å². The Morgan fingerprint density at radius 2 is 1.40 bits per heavy atom. The molecule has 4 aliphatic carbocycles. The van der Waals surface area contributed by atoms with E-state index in [9.17, 15) is 0 Å². The maximum absolute atomic E-state index is 5.67. The van der Waals surface area contributed by atoms with Gasteiger partial charge in [0.05, 0.1) is 0 Å². The van der Waals surface area contributed by atoms with E-state index in [-0.39, 0.29) is 41.1 Å². The number of halogens is 2. The summed E-state index contributed by atoms with van der Waals surface area (Å²) >= 11 is -4.40. The molecule has 47 heavy (non-hydrogen) atoms. The van der Waals surface area contributed by atoms with Gasteiger partial charge < -0.3 is 0 Å². The van der Waals surface area contributed by atoms with Crippen LogP contribution in [0.2, 0.25) is 4.13 Å². The zero-order chi connectivity index (χ0) is 32.5. The Balaban J connectivity index is 0.00000217. The Morgan fingerprint density at radius 1 is 0.830 bits per heavy atom. The quantitative estimate of drug-likeness (QED) is 0.195. The van der Waals surface area contributed by atoms with Gasteiger partial charge in [0.25, 0.3) is 0 Å². The van der Waals surface area contributed by atoms with Crippen molar-refractivity contribution in [2.24, 2.45) is 11.3 Å². The van der Waals surface area contributed by atoms with Gasteiger partial charge in [-0.25, -0.2) is 0 Å². The minimum atomic E-state index is -4.40. The van der Waals surface area contributed by atoms with E-state index in [1.54, 1.807) is 6.56 Å². The molecule has 0 saturated carbocycles. The zero-order valence-corrected chi connectivity index (χ0v) is 34.5. The molecule has 0 bridgehead atoms. The second-order valence-electron chi connectivity index (χ2n) is 17.1. The Bertz CT molecular complexity index is 2020. The SMILES string of the molecule is Cl.Cl.[CH2]=[Zr]([CH2]C)([C]1=CC(C(C)(C)C)=CC1C)([C]1=C(C)c2cc3c(cc2C1(C)C)Cc1cc2c(cc1-3)C(C)=CC2(C)C)[c]1ccccc1. The molecule has 3 aromatic rings. The third kappa shape index (κ3) is 4.80. The van der Waals surface area contributed by atoms with Gasteiger partial charge in [0, 0.05) is 0 Å². The van der Waals surface area contributed by atoms with Gasteiger partial charge in [-0.15, -0.1) is 24.8 Å². The zero-order valence-electron chi connectivity index (χ0n) is 30.4. The molecular weight excluding hydrogens is 691 g/mol. The van der Waals surface area contributed by atoms with Crippen molar-refractivity contribution >= 4 is 43.4 Å². The van der Waals surface area contributed by atoms with Crippen molar-refractivity contribution in [3.8, 4) is 11.1 Å². The molecule has 248 valence electrons. The molecular formula is C44H54Cl2Zr. The van der Waals surface area contributed by atoms with Crippen LogP contribution in [0.5, 0.6) is 0 Å². The van der Waals surface area contributed by atoms with Gasteiger partial charge in [-0.2, -0.15) is 0 Å². The van der Waals surface area contributed by atoms with Crippen LogP contribution in [0.1, 0.15) is 110 Å². The summed E-state index contributed by atoms with van der Waals surface area (Å²) in [5, 5.41) is 0. The molecule has 7 rings (SSSR count). The van der Waals surface area contributed by atoms with Crippen molar-refractivity contribution in [3.63, 3.8) is 0 Å². The van der Waals surface area contributed by atoms with E-state index in [1.165, 1.54) is 64.5 Å². The Hall–Kier alpha value is -2.05. The molecule has 3 heteroatoms. The number of hydrogen-bond donors (Lipinski definition) is 0. The van der Waals surface area contributed by atoms with E-state index in [0.29, 0.717) is 5.92 Å². The van der Waals surface area contributed by atoms with E-state index in [1.807, 2.05) is 0 Å². The van der Waals surface area contributed by atoms with E-state index in [4.69, 9.17) is 4.21 Å². The van der Waals surface area contributed by atoms with E-state index < -0.39 is 18.3 Å². The Kier molecular flexibility index (Phi) is 8.66. The van der Waals surface area contributed by atoms with Crippen LogP contribution in [0.3, 0.4) is 0 Å².